The van der Waals surface area contributed by atoms with E-state index in [0.717, 1.165) is 39.9 Å². The van der Waals surface area contributed by atoms with Gasteiger partial charge in [-0.2, -0.15) is 0 Å². The predicted molar refractivity (Wildman–Crippen MR) is 90.7 cm³/mol. The molecular weight excluding hydrogens is 348 g/mol. The Kier molecular flexibility index (Phi) is 3.23. The number of nitrogens with two attached hydrogens (primary N) is 1. The maximum Gasteiger partial charge on any atom is 0.266 e. The molecule has 2 aromatic rings. The third-order valence-corrected chi connectivity index (χ3v) is 6.12. The first-order chi connectivity index (χ1) is 10.1. The number of amides is 1. The molecule has 3 nitrogen and oxygen atoms in total. The lowest BCUT2D eigenvalue weighted by Gasteiger charge is -2.21. The van der Waals surface area contributed by atoms with Crippen molar-refractivity contribution in [1.82, 2.24) is 4.90 Å². The van der Waals surface area contributed by atoms with Gasteiger partial charge in [-0.3, -0.25) is 4.79 Å². The maximum atomic E-state index is 12.9. The lowest BCUT2D eigenvalue weighted by molar-refractivity contribution is 0.0741. The number of hydrogen-bond donors (Lipinski definition) is 1. The van der Waals surface area contributed by atoms with Gasteiger partial charge in [-0.1, -0.05) is 22.0 Å². The first-order valence-electron chi connectivity index (χ1n) is 7.42. The van der Waals surface area contributed by atoms with Gasteiger partial charge in [-0.15, -0.1) is 11.3 Å². The van der Waals surface area contributed by atoms with Crippen LogP contribution >= 0.6 is 27.3 Å². The fraction of sp³-hybridized carbons (Fsp3) is 0.438. The molecule has 0 atom stereocenters. The number of benzene rings is 1. The molecule has 0 spiro atoms. The number of thiophene rings is 1. The van der Waals surface area contributed by atoms with E-state index >= 15 is 0 Å². The minimum absolute atomic E-state index is 0.134. The molecule has 2 saturated carbocycles. The minimum atomic E-state index is 0.134. The largest absolute Gasteiger partial charge is 0.397 e. The third kappa shape index (κ3) is 2.46. The number of rotatable bonds is 4. The smallest absolute Gasteiger partial charge is 0.266 e. The standard InChI is InChI=1S/C16H17BrN2OS/c17-11-2-1-3-12-13(11)14(18)15(21-12)16(20)19(10-6-7-10)8-9-4-5-9/h1-3,9-10H,4-8,18H2. The number of anilines is 1. The van der Waals surface area contributed by atoms with E-state index in [1.807, 2.05) is 18.2 Å². The summed E-state index contributed by atoms with van der Waals surface area (Å²) in [5, 5.41) is 0.980. The Morgan fingerprint density at radius 2 is 2.10 bits per heavy atom. The van der Waals surface area contributed by atoms with Gasteiger partial charge in [0.05, 0.1) is 5.69 Å². The van der Waals surface area contributed by atoms with Crippen molar-refractivity contribution in [2.24, 2.45) is 5.92 Å². The molecule has 1 aromatic carbocycles. The third-order valence-electron chi connectivity index (χ3n) is 4.30. The zero-order chi connectivity index (χ0) is 14.6. The number of halogens is 1. The highest BCUT2D eigenvalue weighted by molar-refractivity contribution is 9.10. The SMILES string of the molecule is Nc1c(C(=O)N(CC2CC2)C2CC2)sc2cccc(Br)c12. The van der Waals surface area contributed by atoms with Crippen molar-refractivity contribution in [3.05, 3.63) is 27.5 Å². The molecule has 110 valence electrons. The quantitative estimate of drug-likeness (QED) is 0.880. The highest BCUT2D eigenvalue weighted by Gasteiger charge is 2.38. The number of carbonyl (C=O) groups is 1. The molecule has 4 rings (SSSR count). The lowest BCUT2D eigenvalue weighted by atomic mass is 10.2. The summed E-state index contributed by atoms with van der Waals surface area (Å²) < 4.78 is 2.04. The van der Waals surface area contributed by atoms with Crippen molar-refractivity contribution in [3.8, 4) is 0 Å². The van der Waals surface area contributed by atoms with E-state index in [1.165, 1.54) is 24.2 Å². The molecule has 2 aliphatic carbocycles. The van der Waals surface area contributed by atoms with Gasteiger partial charge in [0.25, 0.3) is 5.91 Å². The van der Waals surface area contributed by atoms with E-state index in [9.17, 15) is 4.79 Å². The van der Waals surface area contributed by atoms with Crippen LogP contribution in [0.2, 0.25) is 0 Å². The van der Waals surface area contributed by atoms with E-state index in [0.29, 0.717) is 16.6 Å². The Bertz CT molecular complexity index is 718. The van der Waals surface area contributed by atoms with Crippen molar-refractivity contribution >= 4 is 48.9 Å². The zero-order valence-corrected chi connectivity index (χ0v) is 14.0. The first kappa shape index (κ1) is 13.6. The second-order valence-electron chi connectivity index (χ2n) is 6.09. The van der Waals surface area contributed by atoms with E-state index < -0.39 is 0 Å². The number of nitrogen functional groups attached to an aromatic ring is 1. The van der Waals surface area contributed by atoms with Crippen LogP contribution < -0.4 is 5.73 Å². The summed E-state index contributed by atoms with van der Waals surface area (Å²) in [5.74, 6) is 0.854. The molecule has 1 aromatic heterocycles. The second kappa shape index (κ2) is 4.99. The monoisotopic (exact) mass is 364 g/mol. The molecule has 21 heavy (non-hydrogen) atoms. The van der Waals surface area contributed by atoms with Gasteiger partial charge in [0.2, 0.25) is 0 Å². The van der Waals surface area contributed by atoms with Gasteiger partial charge < -0.3 is 10.6 Å². The van der Waals surface area contributed by atoms with Crippen LogP contribution in [0.15, 0.2) is 22.7 Å². The molecule has 2 N–H and O–H groups in total. The predicted octanol–water partition coefficient (Wildman–Crippen LogP) is 4.26. The summed E-state index contributed by atoms with van der Waals surface area (Å²) in [6.45, 7) is 0.915. The highest BCUT2D eigenvalue weighted by Crippen LogP contribution is 2.41. The van der Waals surface area contributed by atoms with Crippen LogP contribution in [0.1, 0.15) is 35.4 Å². The second-order valence-corrected chi connectivity index (χ2v) is 8.00. The van der Waals surface area contributed by atoms with Crippen LogP contribution in [-0.4, -0.2) is 23.4 Å². The first-order valence-corrected chi connectivity index (χ1v) is 9.03. The Labute approximate surface area is 136 Å². The Balaban J connectivity index is 1.72. The van der Waals surface area contributed by atoms with Gasteiger partial charge >= 0.3 is 0 Å². The number of carbonyl (C=O) groups excluding carboxylic acids is 1. The minimum Gasteiger partial charge on any atom is -0.397 e. The maximum absolute atomic E-state index is 12.9. The average molecular weight is 365 g/mol. The van der Waals surface area contributed by atoms with Crippen molar-refractivity contribution in [3.63, 3.8) is 0 Å². The summed E-state index contributed by atoms with van der Waals surface area (Å²) in [6, 6.07) is 6.44. The van der Waals surface area contributed by atoms with Crippen molar-refractivity contribution in [2.75, 3.05) is 12.3 Å². The topological polar surface area (TPSA) is 46.3 Å². The zero-order valence-electron chi connectivity index (χ0n) is 11.6. The van der Waals surface area contributed by atoms with E-state index in [2.05, 4.69) is 20.8 Å². The number of nitrogens with zero attached hydrogens (tertiary/aromatic N) is 1. The molecule has 0 unspecified atom stereocenters. The Morgan fingerprint density at radius 1 is 1.33 bits per heavy atom. The summed E-state index contributed by atoms with van der Waals surface area (Å²) >= 11 is 5.06. The average Bonchev–Trinajstić information content (AvgIpc) is 3.34. The molecule has 1 heterocycles. The molecule has 0 bridgehead atoms. The van der Waals surface area contributed by atoms with Crippen molar-refractivity contribution in [2.45, 2.75) is 31.7 Å². The summed E-state index contributed by atoms with van der Waals surface area (Å²) in [6.07, 6.45) is 4.83. The molecule has 0 radical (unpaired) electrons. The normalized spacial score (nSPS) is 18.1. The van der Waals surface area contributed by atoms with Crippen LogP contribution in [0.3, 0.4) is 0 Å². The molecule has 2 fully saturated rings. The lowest BCUT2D eigenvalue weighted by Crippen LogP contribution is -2.34. The molecule has 0 saturated heterocycles. The van der Waals surface area contributed by atoms with E-state index in [-0.39, 0.29) is 5.91 Å². The van der Waals surface area contributed by atoms with Gasteiger partial charge in [0.1, 0.15) is 4.88 Å². The highest BCUT2D eigenvalue weighted by atomic mass is 79.9. The number of fused-ring (bicyclic) bond motifs is 1. The van der Waals surface area contributed by atoms with Crippen molar-refractivity contribution in [1.29, 1.82) is 0 Å². The summed E-state index contributed by atoms with van der Waals surface area (Å²) in [4.78, 5) is 15.7. The molecular formula is C16H17BrN2OS. The molecule has 5 heteroatoms. The summed E-state index contributed by atoms with van der Waals surface area (Å²) in [5.41, 5.74) is 6.91. The van der Waals surface area contributed by atoms with Gasteiger partial charge in [0.15, 0.2) is 0 Å². The van der Waals surface area contributed by atoms with Crippen LogP contribution in [0.5, 0.6) is 0 Å². The summed E-state index contributed by atoms with van der Waals surface area (Å²) in [7, 11) is 0. The van der Waals surface area contributed by atoms with Gasteiger partial charge in [-0.25, -0.2) is 0 Å². The van der Waals surface area contributed by atoms with Crippen LogP contribution in [0.25, 0.3) is 10.1 Å². The van der Waals surface area contributed by atoms with Crippen LogP contribution in [0.4, 0.5) is 5.69 Å². The Morgan fingerprint density at radius 3 is 2.71 bits per heavy atom. The van der Waals surface area contributed by atoms with Crippen molar-refractivity contribution < 1.29 is 4.79 Å². The number of hydrogen-bond acceptors (Lipinski definition) is 3. The Hall–Kier alpha value is -1.07. The van der Waals surface area contributed by atoms with E-state index in [4.69, 9.17) is 5.73 Å². The fourth-order valence-corrected chi connectivity index (χ4v) is 4.60. The van der Waals surface area contributed by atoms with E-state index in [1.54, 1.807) is 0 Å². The van der Waals surface area contributed by atoms with Crippen LogP contribution in [-0.2, 0) is 0 Å². The van der Waals surface area contributed by atoms with Crippen LogP contribution in [0, 0.1) is 5.92 Å². The fourth-order valence-electron chi connectivity index (χ4n) is 2.78. The van der Waals surface area contributed by atoms with Gasteiger partial charge in [-0.05, 0) is 43.7 Å². The molecule has 2 aliphatic rings. The molecule has 0 aliphatic heterocycles. The van der Waals surface area contributed by atoms with Gasteiger partial charge in [0, 0.05) is 27.1 Å². The molecule has 1 amide bonds.